The van der Waals surface area contributed by atoms with E-state index in [0.29, 0.717) is 5.92 Å². The number of benzene rings is 1. The van der Waals surface area contributed by atoms with Gasteiger partial charge in [-0.15, -0.1) is 0 Å². The molecule has 1 N–H and O–H groups in total. The van der Waals surface area contributed by atoms with Crippen LogP contribution in [0.15, 0.2) is 42.7 Å². The van der Waals surface area contributed by atoms with Gasteiger partial charge in [-0.1, -0.05) is 30.3 Å². The minimum absolute atomic E-state index is 0.0224. The molecule has 0 radical (unpaired) electrons. The molecule has 22 heavy (non-hydrogen) atoms. The highest BCUT2D eigenvalue weighted by molar-refractivity contribution is 5.89. The normalized spacial score (nSPS) is 18.2. The molecular weight excluding hydrogens is 276 g/mol. The molecule has 1 aliphatic heterocycles. The zero-order chi connectivity index (χ0) is 15.4. The molecule has 1 aliphatic rings. The molecule has 1 unspecified atom stereocenters. The number of amides is 2. The molecule has 0 bridgehead atoms. The molecular formula is C17H22N4O. The third-order valence-corrected chi connectivity index (χ3v) is 4.13. The average Bonchev–Trinajstić information content (AvgIpc) is 2.93. The van der Waals surface area contributed by atoms with Gasteiger partial charge in [0.2, 0.25) is 0 Å². The lowest BCUT2D eigenvalue weighted by molar-refractivity contribution is 0.177. The smallest absolute Gasteiger partial charge is 0.321 e. The van der Waals surface area contributed by atoms with Gasteiger partial charge in [0.25, 0.3) is 0 Å². The molecule has 0 saturated carbocycles. The van der Waals surface area contributed by atoms with Gasteiger partial charge in [0, 0.05) is 26.3 Å². The van der Waals surface area contributed by atoms with Crippen LogP contribution in [0.5, 0.6) is 0 Å². The summed E-state index contributed by atoms with van der Waals surface area (Å²) in [7, 11) is 1.84. The van der Waals surface area contributed by atoms with Gasteiger partial charge in [0.15, 0.2) is 0 Å². The second-order valence-corrected chi connectivity index (χ2v) is 5.98. The van der Waals surface area contributed by atoms with Crippen molar-refractivity contribution in [3.8, 4) is 0 Å². The Morgan fingerprint density at radius 1 is 1.36 bits per heavy atom. The van der Waals surface area contributed by atoms with Gasteiger partial charge >= 0.3 is 6.03 Å². The van der Waals surface area contributed by atoms with E-state index in [2.05, 4.69) is 34.7 Å². The Balaban J connectivity index is 1.57. The summed E-state index contributed by atoms with van der Waals surface area (Å²) in [6.45, 7) is 1.65. The number of carbonyl (C=O) groups is 1. The minimum atomic E-state index is -0.0224. The number of piperidine rings is 1. The summed E-state index contributed by atoms with van der Waals surface area (Å²) < 4.78 is 1.68. The molecule has 5 nitrogen and oxygen atoms in total. The fraction of sp³-hybridized carbons (Fsp3) is 0.412. The van der Waals surface area contributed by atoms with Crippen molar-refractivity contribution in [2.24, 2.45) is 13.0 Å². The first-order valence-corrected chi connectivity index (χ1v) is 7.79. The van der Waals surface area contributed by atoms with E-state index in [0.717, 1.165) is 31.6 Å². The second-order valence-electron chi connectivity index (χ2n) is 5.98. The van der Waals surface area contributed by atoms with E-state index in [1.54, 1.807) is 10.9 Å². The van der Waals surface area contributed by atoms with Crippen LogP contribution in [0.2, 0.25) is 0 Å². The number of hydrogen-bond donors (Lipinski definition) is 1. The molecule has 3 rings (SSSR count). The molecule has 1 saturated heterocycles. The topological polar surface area (TPSA) is 50.2 Å². The van der Waals surface area contributed by atoms with E-state index >= 15 is 0 Å². The van der Waals surface area contributed by atoms with Gasteiger partial charge in [0.05, 0.1) is 11.9 Å². The maximum Gasteiger partial charge on any atom is 0.321 e. The van der Waals surface area contributed by atoms with Crippen LogP contribution in [0, 0.1) is 5.92 Å². The number of rotatable bonds is 3. The molecule has 0 spiro atoms. The van der Waals surface area contributed by atoms with Crippen molar-refractivity contribution in [2.75, 3.05) is 18.4 Å². The Hall–Kier alpha value is -2.30. The van der Waals surface area contributed by atoms with Crippen LogP contribution in [-0.4, -0.2) is 33.8 Å². The number of carbonyl (C=O) groups excluding carboxylic acids is 1. The summed E-state index contributed by atoms with van der Waals surface area (Å²) in [6.07, 6.45) is 6.77. The summed E-state index contributed by atoms with van der Waals surface area (Å²) in [5.41, 5.74) is 2.10. The van der Waals surface area contributed by atoms with Crippen molar-refractivity contribution in [2.45, 2.75) is 19.3 Å². The van der Waals surface area contributed by atoms with Gasteiger partial charge in [0.1, 0.15) is 0 Å². The van der Waals surface area contributed by atoms with Crippen LogP contribution < -0.4 is 5.32 Å². The Bertz CT molecular complexity index is 623. The first-order chi connectivity index (χ1) is 10.7. The molecule has 1 atom stereocenters. The Labute approximate surface area is 130 Å². The summed E-state index contributed by atoms with van der Waals surface area (Å²) in [5.74, 6) is 0.538. The van der Waals surface area contributed by atoms with Crippen LogP contribution in [0.1, 0.15) is 18.4 Å². The SMILES string of the molecule is Cn1cc(NC(=O)N2CCCC(Cc3ccccc3)C2)cn1. The lowest BCUT2D eigenvalue weighted by Crippen LogP contribution is -2.42. The number of aryl methyl sites for hydroxylation is 1. The van der Waals surface area contributed by atoms with Gasteiger partial charge in [-0.05, 0) is 30.7 Å². The summed E-state index contributed by atoms with van der Waals surface area (Å²) in [4.78, 5) is 14.3. The molecule has 2 amide bonds. The van der Waals surface area contributed by atoms with E-state index in [9.17, 15) is 4.79 Å². The Morgan fingerprint density at radius 2 is 2.18 bits per heavy atom. The zero-order valence-corrected chi connectivity index (χ0v) is 12.9. The lowest BCUT2D eigenvalue weighted by atomic mass is 9.91. The summed E-state index contributed by atoms with van der Waals surface area (Å²) >= 11 is 0. The quantitative estimate of drug-likeness (QED) is 0.947. The van der Waals surface area contributed by atoms with Gasteiger partial charge in [-0.2, -0.15) is 5.10 Å². The number of anilines is 1. The lowest BCUT2D eigenvalue weighted by Gasteiger charge is -2.32. The van der Waals surface area contributed by atoms with Gasteiger partial charge in [-0.25, -0.2) is 4.79 Å². The summed E-state index contributed by atoms with van der Waals surface area (Å²) in [5, 5.41) is 6.99. The third kappa shape index (κ3) is 3.67. The number of aromatic nitrogens is 2. The van der Waals surface area contributed by atoms with Crippen LogP contribution >= 0.6 is 0 Å². The van der Waals surface area contributed by atoms with Crippen molar-refractivity contribution in [1.82, 2.24) is 14.7 Å². The highest BCUT2D eigenvalue weighted by atomic mass is 16.2. The van der Waals surface area contributed by atoms with Crippen molar-refractivity contribution < 1.29 is 4.79 Å². The molecule has 1 aromatic heterocycles. The number of nitrogens with zero attached hydrogens (tertiary/aromatic N) is 3. The van der Waals surface area contributed by atoms with Gasteiger partial charge in [-0.3, -0.25) is 4.68 Å². The Kier molecular flexibility index (Phi) is 4.42. The first kappa shape index (κ1) is 14.6. The van der Waals surface area contributed by atoms with Gasteiger partial charge < -0.3 is 10.2 Å². The van der Waals surface area contributed by atoms with E-state index in [-0.39, 0.29) is 6.03 Å². The fourth-order valence-electron chi connectivity index (χ4n) is 3.05. The second kappa shape index (κ2) is 6.64. The van der Waals surface area contributed by atoms with Crippen LogP contribution in [0.25, 0.3) is 0 Å². The van der Waals surface area contributed by atoms with E-state index < -0.39 is 0 Å². The first-order valence-electron chi connectivity index (χ1n) is 7.79. The standard InChI is InChI=1S/C17H22N4O/c1-20-13-16(11-18-20)19-17(22)21-9-5-8-15(12-21)10-14-6-3-2-4-7-14/h2-4,6-7,11,13,15H,5,8-10,12H2,1H3,(H,19,22). The molecule has 1 fully saturated rings. The largest absolute Gasteiger partial charge is 0.324 e. The van der Waals surface area contributed by atoms with Crippen LogP contribution in [0.4, 0.5) is 10.5 Å². The molecule has 2 heterocycles. The van der Waals surface area contributed by atoms with E-state index in [1.165, 1.54) is 12.0 Å². The molecule has 5 heteroatoms. The predicted molar refractivity (Wildman–Crippen MR) is 86.7 cm³/mol. The Morgan fingerprint density at radius 3 is 2.91 bits per heavy atom. The highest BCUT2D eigenvalue weighted by Crippen LogP contribution is 2.21. The minimum Gasteiger partial charge on any atom is -0.324 e. The maximum absolute atomic E-state index is 12.4. The van der Waals surface area contributed by atoms with Crippen LogP contribution in [0.3, 0.4) is 0 Å². The van der Waals surface area contributed by atoms with Crippen molar-refractivity contribution in [3.05, 3.63) is 48.3 Å². The molecule has 2 aromatic rings. The number of nitrogens with one attached hydrogen (secondary N) is 1. The maximum atomic E-state index is 12.4. The molecule has 1 aromatic carbocycles. The monoisotopic (exact) mass is 298 g/mol. The van der Waals surface area contributed by atoms with Crippen molar-refractivity contribution in [1.29, 1.82) is 0 Å². The number of likely N-dealkylation sites (tertiary alicyclic amines) is 1. The van der Waals surface area contributed by atoms with Crippen molar-refractivity contribution in [3.63, 3.8) is 0 Å². The summed E-state index contributed by atoms with van der Waals surface area (Å²) in [6, 6.07) is 10.5. The average molecular weight is 298 g/mol. The zero-order valence-electron chi connectivity index (χ0n) is 12.9. The van der Waals surface area contributed by atoms with E-state index in [4.69, 9.17) is 0 Å². The molecule has 116 valence electrons. The van der Waals surface area contributed by atoms with Crippen LogP contribution in [-0.2, 0) is 13.5 Å². The number of hydrogen-bond acceptors (Lipinski definition) is 2. The predicted octanol–water partition coefficient (Wildman–Crippen LogP) is 2.91. The van der Waals surface area contributed by atoms with E-state index in [1.807, 2.05) is 24.2 Å². The fourth-order valence-corrected chi connectivity index (χ4v) is 3.05. The third-order valence-electron chi connectivity index (χ3n) is 4.13. The highest BCUT2D eigenvalue weighted by Gasteiger charge is 2.24. The number of urea groups is 1. The molecule has 0 aliphatic carbocycles. The van der Waals surface area contributed by atoms with Crippen molar-refractivity contribution >= 4 is 11.7 Å².